The summed E-state index contributed by atoms with van der Waals surface area (Å²) in [6, 6.07) is 4.72. The van der Waals surface area contributed by atoms with Gasteiger partial charge in [-0.05, 0) is 37.7 Å². The fourth-order valence-corrected chi connectivity index (χ4v) is 2.88. The number of H-pyrrole nitrogens is 1. The number of hydrogen-bond donors (Lipinski definition) is 2. The Kier molecular flexibility index (Phi) is 4.06. The molecule has 0 spiro atoms. The van der Waals surface area contributed by atoms with Crippen LogP contribution < -0.4 is 11.4 Å². The third kappa shape index (κ3) is 2.71. The van der Waals surface area contributed by atoms with E-state index in [0.29, 0.717) is 15.6 Å². The zero-order chi connectivity index (χ0) is 14.0. The molecule has 102 valence electrons. The zero-order valence-corrected chi connectivity index (χ0v) is 11.5. The molecule has 0 saturated carbocycles. The van der Waals surface area contributed by atoms with Crippen LogP contribution in [0.5, 0.6) is 0 Å². The summed E-state index contributed by atoms with van der Waals surface area (Å²) in [7, 11) is 0. The lowest BCUT2D eigenvalue weighted by Crippen LogP contribution is -2.19. The van der Waals surface area contributed by atoms with Gasteiger partial charge < -0.3 is 5.73 Å². The van der Waals surface area contributed by atoms with Gasteiger partial charge in [-0.3, -0.25) is 4.57 Å². The molecular formula is C12H15FN4OS. The highest BCUT2D eigenvalue weighted by Gasteiger charge is 2.15. The predicted molar refractivity (Wildman–Crippen MR) is 71.6 cm³/mol. The molecule has 0 radical (unpaired) electrons. The van der Waals surface area contributed by atoms with Crippen LogP contribution >= 0.6 is 11.8 Å². The Hall–Kier alpha value is -1.60. The molecule has 19 heavy (non-hydrogen) atoms. The average molecular weight is 282 g/mol. The summed E-state index contributed by atoms with van der Waals surface area (Å²) in [6.45, 7) is 3.87. The van der Waals surface area contributed by atoms with Gasteiger partial charge in [0.15, 0.2) is 5.16 Å². The van der Waals surface area contributed by atoms with Gasteiger partial charge in [-0.2, -0.15) is 0 Å². The van der Waals surface area contributed by atoms with E-state index < -0.39 is 0 Å². The summed E-state index contributed by atoms with van der Waals surface area (Å²) in [6.07, 6.45) is 0. The average Bonchev–Trinajstić information content (AvgIpc) is 2.71. The van der Waals surface area contributed by atoms with E-state index in [2.05, 4.69) is 10.2 Å². The van der Waals surface area contributed by atoms with E-state index in [1.54, 1.807) is 12.1 Å². The van der Waals surface area contributed by atoms with Crippen molar-refractivity contribution in [1.29, 1.82) is 0 Å². The van der Waals surface area contributed by atoms with Crippen molar-refractivity contribution >= 4 is 11.8 Å². The number of hydrogen-bond acceptors (Lipinski definition) is 4. The normalized spacial score (nSPS) is 11.2. The van der Waals surface area contributed by atoms with Crippen molar-refractivity contribution in [2.24, 2.45) is 5.73 Å². The number of nitrogens with two attached hydrogens (primary N) is 1. The summed E-state index contributed by atoms with van der Waals surface area (Å²) in [4.78, 5) is 12.3. The highest BCUT2D eigenvalue weighted by atomic mass is 32.2. The molecule has 0 amide bonds. The molecule has 3 N–H and O–H groups in total. The van der Waals surface area contributed by atoms with Gasteiger partial charge in [0.1, 0.15) is 5.82 Å². The number of halogens is 1. The Morgan fingerprint density at radius 3 is 2.89 bits per heavy atom. The Bertz CT molecular complexity index is 635. The van der Waals surface area contributed by atoms with Crippen LogP contribution in [0.4, 0.5) is 4.39 Å². The van der Waals surface area contributed by atoms with E-state index in [9.17, 15) is 9.18 Å². The van der Waals surface area contributed by atoms with E-state index in [0.717, 1.165) is 0 Å². The van der Waals surface area contributed by atoms with Crippen LogP contribution in [0.25, 0.3) is 0 Å². The highest BCUT2D eigenvalue weighted by molar-refractivity contribution is 7.99. The summed E-state index contributed by atoms with van der Waals surface area (Å²) in [5, 5.41) is 6.87. The molecule has 0 aliphatic rings. The number of aromatic amines is 1. The van der Waals surface area contributed by atoms with Crippen LogP contribution in [0, 0.1) is 5.82 Å². The highest BCUT2D eigenvalue weighted by Crippen LogP contribution is 2.30. The van der Waals surface area contributed by atoms with E-state index >= 15 is 0 Å². The molecule has 0 aliphatic heterocycles. The van der Waals surface area contributed by atoms with Gasteiger partial charge in [0.25, 0.3) is 0 Å². The molecule has 1 aromatic heterocycles. The van der Waals surface area contributed by atoms with Gasteiger partial charge in [0.2, 0.25) is 0 Å². The van der Waals surface area contributed by atoms with Crippen molar-refractivity contribution in [3.8, 4) is 0 Å². The Balaban J connectivity index is 2.42. The van der Waals surface area contributed by atoms with E-state index in [1.165, 1.54) is 22.4 Å². The number of nitrogens with zero attached hydrogens (tertiary/aromatic N) is 2. The smallest absolute Gasteiger partial charge is 0.326 e. The van der Waals surface area contributed by atoms with Gasteiger partial charge in [0.05, 0.1) is 0 Å². The standard InChI is InChI=1S/C12H15FN4OS/c1-7(2)17-11(18)15-16-12(17)19-10-5-3-4-9(13)8(10)6-14/h3-5,7H,6,14H2,1-2H3,(H,15,18). The lowest BCUT2D eigenvalue weighted by Gasteiger charge is -2.10. The van der Waals surface area contributed by atoms with Crippen LogP contribution in [-0.2, 0) is 6.54 Å². The maximum atomic E-state index is 13.6. The van der Waals surface area contributed by atoms with E-state index in [4.69, 9.17) is 5.73 Å². The maximum Gasteiger partial charge on any atom is 0.344 e. The van der Waals surface area contributed by atoms with Crippen molar-refractivity contribution in [2.75, 3.05) is 0 Å². The minimum absolute atomic E-state index is 0.0244. The zero-order valence-electron chi connectivity index (χ0n) is 10.7. The monoisotopic (exact) mass is 282 g/mol. The van der Waals surface area contributed by atoms with E-state index in [-0.39, 0.29) is 24.1 Å². The fraction of sp³-hybridized carbons (Fsp3) is 0.333. The second-order valence-electron chi connectivity index (χ2n) is 4.30. The summed E-state index contributed by atoms with van der Waals surface area (Å²) in [5.41, 5.74) is 5.71. The second kappa shape index (κ2) is 5.58. The largest absolute Gasteiger partial charge is 0.344 e. The maximum absolute atomic E-state index is 13.6. The number of rotatable bonds is 4. The summed E-state index contributed by atoms with van der Waals surface area (Å²) in [5.74, 6) is -0.346. The molecular weight excluding hydrogens is 267 g/mol. The molecule has 0 aliphatic carbocycles. The summed E-state index contributed by atoms with van der Waals surface area (Å²) >= 11 is 1.23. The molecule has 0 bridgehead atoms. The van der Waals surface area contributed by atoms with Crippen LogP contribution in [-0.4, -0.2) is 14.8 Å². The van der Waals surface area contributed by atoms with Gasteiger partial charge in [-0.25, -0.2) is 14.3 Å². The van der Waals surface area contributed by atoms with Crippen molar-refractivity contribution < 1.29 is 4.39 Å². The Morgan fingerprint density at radius 1 is 1.53 bits per heavy atom. The first-order valence-corrected chi connectivity index (χ1v) is 6.68. The van der Waals surface area contributed by atoms with E-state index in [1.807, 2.05) is 13.8 Å². The van der Waals surface area contributed by atoms with Gasteiger partial charge in [0, 0.05) is 23.0 Å². The third-order valence-corrected chi connectivity index (χ3v) is 3.74. The first-order chi connectivity index (χ1) is 9.04. The SMILES string of the molecule is CC(C)n1c(Sc2cccc(F)c2CN)n[nH]c1=O. The minimum Gasteiger partial charge on any atom is -0.326 e. The van der Waals surface area contributed by atoms with Crippen molar-refractivity contribution in [1.82, 2.24) is 14.8 Å². The Labute approximate surface area is 114 Å². The lowest BCUT2D eigenvalue weighted by molar-refractivity contribution is 0.534. The summed E-state index contributed by atoms with van der Waals surface area (Å²) < 4.78 is 15.2. The quantitative estimate of drug-likeness (QED) is 0.898. The van der Waals surface area contributed by atoms with Gasteiger partial charge >= 0.3 is 5.69 Å². The molecule has 1 aromatic carbocycles. The van der Waals surface area contributed by atoms with Crippen molar-refractivity contribution in [2.45, 2.75) is 36.5 Å². The van der Waals surface area contributed by atoms with Gasteiger partial charge in [-0.15, -0.1) is 5.10 Å². The van der Waals surface area contributed by atoms with Crippen molar-refractivity contribution in [3.63, 3.8) is 0 Å². The molecule has 0 unspecified atom stereocenters. The third-order valence-electron chi connectivity index (χ3n) is 2.67. The first kappa shape index (κ1) is 13.8. The van der Waals surface area contributed by atoms with Crippen LogP contribution in [0.3, 0.4) is 0 Å². The number of aromatic nitrogens is 3. The van der Waals surface area contributed by atoms with Gasteiger partial charge in [-0.1, -0.05) is 6.07 Å². The molecule has 7 heteroatoms. The molecule has 2 aromatic rings. The van der Waals surface area contributed by atoms with Crippen LogP contribution in [0.15, 0.2) is 33.0 Å². The predicted octanol–water partition coefficient (Wildman–Crippen LogP) is 1.90. The van der Waals surface area contributed by atoms with Crippen molar-refractivity contribution in [3.05, 3.63) is 40.1 Å². The first-order valence-electron chi connectivity index (χ1n) is 5.86. The topological polar surface area (TPSA) is 76.7 Å². The molecule has 0 fully saturated rings. The molecule has 0 saturated heterocycles. The molecule has 2 rings (SSSR count). The number of benzene rings is 1. The fourth-order valence-electron chi connectivity index (χ4n) is 1.75. The number of nitrogens with one attached hydrogen (secondary N) is 1. The second-order valence-corrected chi connectivity index (χ2v) is 5.31. The minimum atomic E-state index is -0.346. The molecule has 0 atom stereocenters. The van der Waals surface area contributed by atoms with Crippen LogP contribution in [0.1, 0.15) is 25.5 Å². The molecule has 5 nitrogen and oxygen atoms in total. The van der Waals surface area contributed by atoms with Crippen LogP contribution in [0.2, 0.25) is 0 Å². The Morgan fingerprint density at radius 2 is 2.26 bits per heavy atom. The lowest BCUT2D eigenvalue weighted by atomic mass is 10.2. The molecule has 1 heterocycles.